The molecule has 0 atom stereocenters. The molecule has 0 amide bonds. The zero-order chi connectivity index (χ0) is 22.4. The molecule has 0 radical (unpaired) electrons. The molecule has 0 spiro atoms. The second-order valence-electron chi connectivity index (χ2n) is 9.29. The highest BCUT2D eigenvalue weighted by atomic mass is 35.5. The first-order valence-corrected chi connectivity index (χ1v) is 11.5. The number of nitrogens with zero attached hydrogens (tertiary/aromatic N) is 2. The van der Waals surface area contributed by atoms with Gasteiger partial charge in [0.2, 0.25) is 0 Å². The van der Waals surface area contributed by atoms with Crippen LogP contribution in [0.1, 0.15) is 54.5 Å². The van der Waals surface area contributed by atoms with Gasteiger partial charge in [0.25, 0.3) is 0 Å². The molecule has 3 heterocycles. The van der Waals surface area contributed by atoms with Gasteiger partial charge in [-0.15, -0.1) is 12.4 Å². The SMILES string of the molecule is Cc1ccc2c(-c3cc4c(CN(C)C5CCCCC5)cnc(C)c4o3)cc(=O)oc2c1C.Cl. The van der Waals surface area contributed by atoms with Gasteiger partial charge in [-0.05, 0) is 63.4 Å². The number of aryl methyl sites for hydroxylation is 3. The summed E-state index contributed by atoms with van der Waals surface area (Å²) < 4.78 is 11.9. The molecule has 4 aromatic rings. The monoisotopic (exact) mass is 466 g/mol. The Morgan fingerprint density at radius 2 is 1.76 bits per heavy atom. The molecule has 1 aliphatic rings. The van der Waals surface area contributed by atoms with Crippen LogP contribution in [-0.2, 0) is 6.54 Å². The van der Waals surface area contributed by atoms with Crippen LogP contribution in [0, 0.1) is 20.8 Å². The predicted octanol–water partition coefficient (Wildman–Crippen LogP) is 6.71. The van der Waals surface area contributed by atoms with Crippen molar-refractivity contribution in [3.8, 4) is 11.3 Å². The molecule has 0 N–H and O–H groups in total. The minimum atomic E-state index is -0.367. The number of fused-ring (bicyclic) bond motifs is 2. The Morgan fingerprint density at radius 1 is 1.00 bits per heavy atom. The number of benzene rings is 1. The largest absolute Gasteiger partial charge is 0.454 e. The number of hydrogen-bond acceptors (Lipinski definition) is 5. The van der Waals surface area contributed by atoms with Crippen molar-refractivity contribution in [1.29, 1.82) is 0 Å². The van der Waals surface area contributed by atoms with E-state index in [1.54, 1.807) is 0 Å². The summed E-state index contributed by atoms with van der Waals surface area (Å²) >= 11 is 0. The molecule has 174 valence electrons. The standard InChI is InChI=1S/C27H30N2O3.ClH/c1-16-10-11-21-23(13-25(30)32-26(21)17(16)2)24-12-22-19(14-28-18(3)27(22)31-24)15-29(4)20-8-6-5-7-9-20;/h10-14,20H,5-9,15H2,1-4H3;1H. The maximum atomic E-state index is 12.4. The van der Waals surface area contributed by atoms with E-state index >= 15 is 0 Å². The molecular weight excluding hydrogens is 436 g/mol. The first-order valence-electron chi connectivity index (χ1n) is 11.5. The zero-order valence-electron chi connectivity index (χ0n) is 19.7. The van der Waals surface area contributed by atoms with Crippen molar-refractivity contribution in [2.24, 2.45) is 0 Å². The minimum absolute atomic E-state index is 0. The fourth-order valence-corrected chi connectivity index (χ4v) is 5.04. The number of rotatable bonds is 4. The fourth-order valence-electron chi connectivity index (χ4n) is 5.04. The van der Waals surface area contributed by atoms with Crippen molar-refractivity contribution < 1.29 is 8.83 Å². The van der Waals surface area contributed by atoms with E-state index in [0.717, 1.165) is 50.8 Å². The molecule has 1 aliphatic carbocycles. The molecule has 6 heteroatoms. The number of pyridine rings is 1. The van der Waals surface area contributed by atoms with E-state index in [-0.39, 0.29) is 18.0 Å². The molecule has 1 fully saturated rings. The second kappa shape index (κ2) is 9.32. The minimum Gasteiger partial charge on any atom is -0.454 e. The normalized spacial score (nSPS) is 14.8. The molecule has 0 bridgehead atoms. The lowest BCUT2D eigenvalue weighted by molar-refractivity contribution is 0.185. The third-order valence-electron chi connectivity index (χ3n) is 7.14. The van der Waals surface area contributed by atoms with Gasteiger partial charge in [0.1, 0.15) is 11.3 Å². The van der Waals surface area contributed by atoms with E-state index < -0.39 is 0 Å². The lowest BCUT2D eigenvalue weighted by Gasteiger charge is -2.31. The van der Waals surface area contributed by atoms with Crippen LogP contribution in [0.4, 0.5) is 0 Å². The van der Waals surface area contributed by atoms with Crippen molar-refractivity contribution in [3.05, 3.63) is 63.3 Å². The van der Waals surface area contributed by atoms with Gasteiger partial charge in [-0.3, -0.25) is 9.88 Å². The third-order valence-corrected chi connectivity index (χ3v) is 7.14. The summed E-state index contributed by atoms with van der Waals surface area (Å²) in [6.45, 7) is 6.81. The maximum Gasteiger partial charge on any atom is 0.336 e. The predicted molar refractivity (Wildman–Crippen MR) is 135 cm³/mol. The summed E-state index contributed by atoms with van der Waals surface area (Å²) in [5, 5.41) is 1.96. The quantitative estimate of drug-likeness (QED) is 0.313. The van der Waals surface area contributed by atoms with Gasteiger partial charge in [-0.25, -0.2) is 4.79 Å². The summed E-state index contributed by atoms with van der Waals surface area (Å²) in [5.74, 6) is 0.679. The third kappa shape index (κ3) is 4.32. The van der Waals surface area contributed by atoms with Gasteiger partial charge < -0.3 is 8.83 Å². The Balaban J connectivity index is 0.00000259. The van der Waals surface area contributed by atoms with Crippen LogP contribution in [-0.4, -0.2) is 23.0 Å². The number of hydrogen-bond donors (Lipinski definition) is 0. The Bertz CT molecular complexity index is 1370. The summed E-state index contributed by atoms with van der Waals surface area (Å²) in [5.41, 5.74) is 5.90. The van der Waals surface area contributed by atoms with Gasteiger partial charge in [-0.1, -0.05) is 31.4 Å². The highest BCUT2D eigenvalue weighted by Gasteiger charge is 2.21. The first-order chi connectivity index (χ1) is 15.4. The number of aromatic nitrogens is 1. The summed E-state index contributed by atoms with van der Waals surface area (Å²) in [4.78, 5) is 19.5. The van der Waals surface area contributed by atoms with Crippen LogP contribution in [0.25, 0.3) is 33.3 Å². The summed E-state index contributed by atoms with van der Waals surface area (Å²) in [6, 6.07) is 8.29. The first kappa shape index (κ1) is 23.5. The van der Waals surface area contributed by atoms with Crippen LogP contribution in [0.3, 0.4) is 0 Å². The topological polar surface area (TPSA) is 59.5 Å². The van der Waals surface area contributed by atoms with Gasteiger partial charge in [0.05, 0.1) is 5.69 Å². The molecular formula is C27H31ClN2O3. The highest BCUT2D eigenvalue weighted by Crippen LogP contribution is 2.36. The molecule has 33 heavy (non-hydrogen) atoms. The Morgan fingerprint density at radius 3 is 2.52 bits per heavy atom. The Kier molecular flexibility index (Phi) is 6.64. The van der Waals surface area contributed by atoms with E-state index in [9.17, 15) is 4.79 Å². The van der Waals surface area contributed by atoms with E-state index in [0.29, 0.717) is 17.4 Å². The average molecular weight is 467 g/mol. The van der Waals surface area contributed by atoms with E-state index in [1.165, 1.54) is 38.2 Å². The molecule has 0 unspecified atom stereocenters. The van der Waals surface area contributed by atoms with Gasteiger partial charge >= 0.3 is 5.63 Å². The number of halogens is 1. The average Bonchev–Trinajstić information content (AvgIpc) is 3.25. The van der Waals surface area contributed by atoms with Crippen molar-refractivity contribution in [1.82, 2.24) is 9.88 Å². The van der Waals surface area contributed by atoms with Crippen molar-refractivity contribution in [2.75, 3.05) is 7.05 Å². The van der Waals surface area contributed by atoms with Crippen molar-refractivity contribution >= 4 is 34.3 Å². The molecule has 0 saturated heterocycles. The highest BCUT2D eigenvalue weighted by molar-refractivity contribution is 5.97. The molecule has 5 nitrogen and oxygen atoms in total. The van der Waals surface area contributed by atoms with E-state index in [2.05, 4.69) is 29.1 Å². The van der Waals surface area contributed by atoms with Gasteiger partial charge in [0.15, 0.2) is 5.58 Å². The van der Waals surface area contributed by atoms with Crippen LogP contribution in [0.15, 0.2) is 44.1 Å². The number of furan rings is 1. The fraction of sp³-hybridized carbons (Fsp3) is 0.407. The van der Waals surface area contributed by atoms with Gasteiger partial charge in [-0.2, -0.15) is 0 Å². The van der Waals surface area contributed by atoms with Crippen LogP contribution >= 0.6 is 12.4 Å². The second-order valence-corrected chi connectivity index (χ2v) is 9.29. The molecule has 1 saturated carbocycles. The molecule has 5 rings (SSSR count). The van der Waals surface area contributed by atoms with Gasteiger partial charge in [0, 0.05) is 41.2 Å². The van der Waals surface area contributed by atoms with Crippen molar-refractivity contribution in [3.63, 3.8) is 0 Å². The Labute approximate surface area is 200 Å². The molecule has 3 aromatic heterocycles. The lowest BCUT2D eigenvalue weighted by atomic mass is 9.94. The van der Waals surface area contributed by atoms with E-state index in [4.69, 9.17) is 8.83 Å². The Hall–Kier alpha value is -2.63. The maximum absolute atomic E-state index is 12.4. The van der Waals surface area contributed by atoms with E-state index in [1.807, 2.05) is 33.0 Å². The van der Waals surface area contributed by atoms with Crippen molar-refractivity contribution in [2.45, 2.75) is 65.5 Å². The summed E-state index contributed by atoms with van der Waals surface area (Å²) in [6.07, 6.45) is 8.48. The lowest BCUT2D eigenvalue weighted by Crippen LogP contribution is -2.32. The summed E-state index contributed by atoms with van der Waals surface area (Å²) in [7, 11) is 2.21. The van der Waals surface area contributed by atoms with Crippen LogP contribution < -0.4 is 5.63 Å². The molecule has 0 aliphatic heterocycles. The zero-order valence-corrected chi connectivity index (χ0v) is 20.6. The molecule has 1 aromatic carbocycles. The van der Waals surface area contributed by atoms with Crippen LogP contribution in [0.5, 0.6) is 0 Å². The smallest absolute Gasteiger partial charge is 0.336 e. The van der Waals surface area contributed by atoms with Crippen LogP contribution in [0.2, 0.25) is 0 Å².